The maximum atomic E-state index is 12.6. The largest absolute Gasteiger partial charge is 0.446 e. The second kappa shape index (κ2) is 7.40. The summed E-state index contributed by atoms with van der Waals surface area (Å²) in [5.41, 5.74) is -4.17. The Bertz CT molecular complexity index is 1320. The third-order valence-corrected chi connectivity index (χ3v) is 6.49. The molecule has 156 valence electrons. The second-order valence-corrected chi connectivity index (χ2v) is 9.34. The molecule has 3 heterocycles. The van der Waals surface area contributed by atoms with Gasteiger partial charge in [0.25, 0.3) is 0 Å². The van der Waals surface area contributed by atoms with Crippen LogP contribution in [0, 0.1) is 0 Å². The summed E-state index contributed by atoms with van der Waals surface area (Å²) in [4.78, 5) is 12.1. The maximum absolute atomic E-state index is 12.6. The van der Waals surface area contributed by atoms with Crippen LogP contribution in [0.3, 0.4) is 0 Å². The Kier molecular flexibility index (Phi) is 5.02. The Hall–Kier alpha value is -2.93. The molecule has 0 fully saturated rings. The molecule has 0 aliphatic carbocycles. The highest BCUT2D eigenvalue weighted by Gasteiger charge is 2.30. The van der Waals surface area contributed by atoms with Crippen LogP contribution >= 0.6 is 11.8 Å². The van der Waals surface area contributed by atoms with Crippen LogP contribution in [0.15, 0.2) is 57.2 Å². The first-order valence-corrected chi connectivity index (χ1v) is 10.9. The van der Waals surface area contributed by atoms with Crippen LogP contribution in [0.5, 0.6) is 0 Å². The third kappa shape index (κ3) is 4.03. The number of fused-ring (bicyclic) bond motifs is 1. The molecule has 8 nitrogen and oxygen atoms in total. The topological polar surface area (TPSA) is 104 Å². The summed E-state index contributed by atoms with van der Waals surface area (Å²) in [6.07, 6.45) is 2.67. The van der Waals surface area contributed by atoms with Crippen molar-refractivity contribution in [2.45, 2.75) is 22.2 Å². The lowest BCUT2D eigenvalue weighted by Gasteiger charge is -2.08. The lowest BCUT2D eigenvalue weighted by atomic mass is 10.3. The number of halogens is 3. The minimum Gasteiger partial charge on any atom is -0.435 e. The summed E-state index contributed by atoms with van der Waals surface area (Å²) in [5, 5.41) is 3.95. The number of thioether (sulfide) groups is 1. The predicted octanol–water partition coefficient (Wildman–Crippen LogP) is 3.88. The van der Waals surface area contributed by atoms with Crippen molar-refractivity contribution < 1.29 is 26.0 Å². The van der Waals surface area contributed by atoms with Gasteiger partial charge in [0.15, 0.2) is 21.2 Å². The smallest absolute Gasteiger partial charge is 0.435 e. The van der Waals surface area contributed by atoms with E-state index in [0.29, 0.717) is 0 Å². The van der Waals surface area contributed by atoms with Crippen molar-refractivity contribution in [3.05, 3.63) is 43.0 Å². The van der Waals surface area contributed by atoms with Gasteiger partial charge in [-0.05, 0) is 42.1 Å². The summed E-state index contributed by atoms with van der Waals surface area (Å²) in [7, 11) is -3.69. The first kappa shape index (κ1) is 20.3. The van der Waals surface area contributed by atoms with Crippen molar-refractivity contribution in [3.8, 4) is 17.4 Å². The summed E-state index contributed by atoms with van der Waals surface area (Å²) in [6.45, 7) is 1.48. The van der Waals surface area contributed by atoms with E-state index in [-0.39, 0.29) is 55.8 Å². The van der Waals surface area contributed by atoms with Crippen LogP contribution in [-0.2, 0) is 9.84 Å². The zero-order valence-corrected chi connectivity index (χ0v) is 16.8. The van der Waals surface area contributed by atoms with E-state index in [1.165, 1.54) is 54.6 Å². The SMILES string of the molecule is CCS(=O)(=O)c1ccc(-n2cncn2)nc1-c1nc2cc(SC(F)(F)F)ccc2o1. The first-order chi connectivity index (χ1) is 14.2. The van der Waals surface area contributed by atoms with Gasteiger partial charge in [0, 0.05) is 4.90 Å². The van der Waals surface area contributed by atoms with Crippen molar-refractivity contribution in [1.82, 2.24) is 24.7 Å². The van der Waals surface area contributed by atoms with E-state index in [0.717, 1.165) is 0 Å². The average Bonchev–Trinajstić information content (AvgIpc) is 3.36. The molecule has 0 atom stereocenters. The predicted molar refractivity (Wildman–Crippen MR) is 102 cm³/mol. The molecule has 4 aromatic rings. The van der Waals surface area contributed by atoms with E-state index in [2.05, 4.69) is 20.1 Å². The van der Waals surface area contributed by atoms with Gasteiger partial charge >= 0.3 is 5.51 Å². The highest BCUT2D eigenvalue weighted by Crippen LogP contribution is 2.38. The summed E-state index contributed by atoms with van der Waals surface area (Å²) in [5.74, 6) is -0.0435. The maximum Gasteiger partial charge on any atom is 0.446 e. The molecular weight excluding hydrogens is 443 g/mol. The van der Waals surface area contributed by atoms with E-state index >= 15 is 0 Å². The standard InChI is InChI=1S/C17H12F3N5O3S2/c1-2-30(26,27)13-5-6-14(25-9-21-8-22-25)24-15(13)16-23-11-7-10(29-17(18,19)20)3-4-12(11)28-16/h3-9H,2H2,1H3. The lowest BCUT2D eigenvalue weighted by molar-refractivity contribution is -0.0328. The Morgan fingerprint density at radius 2 is 1.97 bits per heavy atom. The normalized spacial score (nSPS) is 12.5. The minimum absolute atomic E-state index is 0.0638. The zero-order chi connectivity index (χ0) is 21.5. The summed E-state index contributed by atoms with van der Waals surface area (Å²) >= 11 is -0.279. The van der Waals surface area contributed by atoms with Crippen LogP contribution in [0.25, 0.3) is 28.5 Å². The monoisotopic (exact) mass is 455 g/mol. The molecular formula is C17H12F3N5O3S2. The van der Waals surface area contributed by atoms with Gasteiger partial charge < -0.3 is 4.42 Å². The number of alkyl halides is 3. The van der Waals surface area contributed by atoms with Crippen LogP contribution in [0.2, 0.25) is 0 Å². The Morgan fingerprint density at radius 1 is 1.17 bits per heavy atom. The zero-order valence-electron chi connectivity index (χ0n) is 15.2. The molecule has 0 saturated carbocycles. The fraction of sp³-hybridized carbons (Fsp3) is 0.176. The van der Waals surface area contributed by atoms with Gasteiger partial charge in [0.05, 0.1) is 10.6 Å². The molecule has 30 heavy (non-hydrogen) atoms. The molecule has 0 spiro atoms. The number of oxazole rings is 1. The highest BCUT2D eigenvalue weighted by atomic mass is 32.2. The number of sulfone groups is 1. The number of hydrogen-bond donors (Lipinski definition) is 0. The second-order valence-electron chi connectivity index (χ2n) is 5.96. The van der Waals surface area contributed by atoms with Gasteiger partial charge in [-0.3, -0.25) is 0 Å². The molecule has 3 aromatic heterocycles. The number of nitrogens with zero attached hydrogens (tertiary/aromatic N) is 5. The van der Waals surface area contributed by atoms with Crippen LogP contribution in [0.4, 0.5) is 13.2 Å². The number of hydrogen-bond acceptors (Lipinski definition) is 8. The lowest BCUT2D eigenvalue weighted by Crippen LogP contribution is -2.09. The van der Waals surface area contributed by atoms with Gasteiger partial charge in [0.1, 0.15) is 23.9 Å². The molecule has 4 rings (SSSR count). The van der Waals surface area contributed by atoms with E-state index in [9.17, 15) is 21.6 Å². The van der Waals surface area contributed by atoms with Crippen LogP contribution in [0.1, 0.15) is 6.92 Å². The molecule has 0 N–H and O–H groups in total. The van der Waals surface area contributed by atoms with Crippen LogP contribution < -0.4 is 0 Å². The van der Waals surface area contributed by atoms with Gasteiger partial charge in [0.2, 0.25) is 5.89 Å². The molecule has 0 aliphatic heterocycles. The summed E-state index contributed by atoms with van der Waals surface area (Å²) < 4.78 is 70.0. The van der Waals surface area contributed by atoms with E-state index < -0.39 is 15.3 Å². The molecule has 0 saturated heterocycles. The third-order valence-electron chi connectivity index (χ3n) is 4.01. The van der Waals surface area contributed by atoms with Crippen molar-refractivity contribution >= 4 is 32.7 Å². The minimum atomic E-state index is -4.45. The molecule has 0 unspecified atom stereocenters. The van der Waals surface area contributed by atoms with Gasteiger partial charge in [-0.25, -0.2) is 28.1 Å². The Labute approximate surface area is 172 Å². The van der Waals surface area contributed by atoms with Gasteiger partial charge in [-0.2, -0.15) is 18.3 Å². The summed E-state index contributed by atoms with van der Waals surface area (Å²) in [6, 6.07) is 6.63. The number of rotatable bonds is 5. The van der Waals surface area contributed by atoms with E-state index in [1.54, 1.807) is 0 Å². The molecule has 0 radical (unpaired) electrons. The van der Waals surface area contributed by atoms with E-state index in [1.807, 2.05) is 0 Å². The van der Waals surface area contributed by atoms with Crippen molar-refractivity contribution in [2.75, 3.05) is 5.75 Å². The number of pyridine rings is 1. The van der Waals surface area contributed by atoms with Crippen molar-refractivity contribution in [1.29, 1.82) is 0 Å². The number of benzene rings is 1. The van der Waals surface area contributed by atoms with Gasteiger partial charge in [-0.15, -0.1) is 0 Å². The van der Waals surface area contributed by atoms with Crippen LogP contribution in [-0.4, -0.2) is 44.4 Å². The molecule has 0 aliphatic rings. The Balaban J connectivity index is 1.87. The van der Waals surface area contributed by atoms with Crippen molar-refractivity contribution in [2.24, 2.45) is 0 Å². The molecule has 13 heteroatoms. The quantitative estimate of drug-likeness (QED) is 0.418. The fourth-order valence-electron chi connectivity index (χ4n) is 2.66. The number of aromatic nitrogens is 5. The van der Waals surface area contributed by atoms with Gasteiger partial charge in [-0.1, -0.05) is 6.92 Å². The average molecular weight is 455 g/mol. The van der Waals surface area contributed by atoms with Crippen molar-refractivity contribution in [3.63, 3.8) is 0 Å². The molecule has 1 aromatic carbocycles. The molecule has 0 bridgehead atoms. The molecule has 0 amide bonds. The first-order valence-electron chi connectivity index (χ1n) is 8.42. The Morgan fingerprint density at radius 3 is 2.63 bits per heavy atom. The van der Waals surface area contributed by atoms with E-state index in [4.69, 9.17) is 4.42 Å². The fourth-order valence-corrected chi connectivity index (χ4v) is 4.24. The highest BCUT2D eigenvalue weighted by molar-refractivity contribution is 8.00.